The number of methoxy groups -OCH3 is 7. The summed E-state index contributed by atoms with van der Waals surface area (Å²) in [5.41, 5.74) is 17.8. The Kier molecular flexibility index (Phi) is 36.4. The van der Waals surface area contributed by atoms with E-state index < -0.39 is 47.6 Å². The first-order valence-electron chi connectivity index (χ1n) is 47.2. The number of carboxylic acids is 2. The lowest BCUT2D eigenvalue weighted by atomic mass is 9.95. The molecule has 13 aromatic rings. The van der Waals surface area contributed by atoms with Gasteiger partial charge in [0.15, 0.2) is 41.3 Å². The number of hydrogen-bond donors (Lipinski definition) is 6. The molecule has 0 bridgehead atoms. The van der Waals surface area contributed by atoms with E-state index in [0.717, 1.165) is 130 Å². The average Bonchev–Trinajstić information content (AvgIpc) is 1.62. The number of ketones is 1. The topological polar surface area (TPSA) is 416 Å². The molecule has 139 heavy (non-hydrogen) atoms. The Labute approximate surface area is 811 Å². The summed E-state index contributed by atoms with van der Waals surface area (Å²) >= 11 is 1.50. The molecule has 9 heterocycles. The molecule has 7 unspecified atom stereocenters. The fourth-order valence-electron chi connectivity index (χ4n) is 18.1. The molecule has 7 N–H and O–H groups in total. The van der Waals surface area contributed by atoms with Gasteiger partial charge >= 0.3 is 17.6 Å². The first kappa shape index (κ1) is 103. The van der Waals surface area contributed by atoms with Crippen molar-refractivity contribution in [2.24, 2.45) is 5.92 Å². The van der Waals surface area contributed by atoms with E-state index in [-0.39, 0.29) is 48.5 Å². The number of fused-ring (bicyclic) bond motifs is 3. The van der Waals surface area contributed by atoms with Crippen molar-refractivity contribution in [3.8, 4) is 62.9 Å². The second kappa shape index (κ2) is 49.2. The maximum absolute atomic E-state index is 13.3. The van der Waals surface area contributed by atoms with Crippen molar-refractivity contribution in [3.63, 3.8) is 0 Å². The Morgan fingerprint density at radius 3 is 1.19 bits per heavy atom. The summed E-state index contributed by atoms with van der Waals surface area (Å²) in [6.45, 7) is 12.2. The zero-order valence-corrected chi connectivity index (χ0v) is 81.8. The van der Waals surface area contributed by atoms with Gasteiger partial charge in [0.2, 0.25) is 5.62 Å². The van der Waals surface area contributed by atoms with Crippen LogP contribution in [0, 0.1) is 19.8 Å². The molecular formula is C105H126N12O21S. The summed E-state index contributed by atoms with van der Waals surface area (Å²) in [6, 6.07) is 36.4. The number of nitrogens with zero attached hydrogens (tertiary/aromatic N) is 8. The normalized spacial score (nSPS) is 17.2. The molecule has 7 aromatic heterocycles. The fourth-order valence-corrected chi connectivity index (χ4v) is 19.0. The van der Waals surface area contributed by atoms with Crippen LogP contribution in [0.4, 0.5) is 5.82 Å². The lowest BCUT2D eigenvalue weighted by Gasteiger charge is -2.25. The Balaban J connectivity index is 0.000000155. The van der Waals surface area contributed by atoms with Gasteiger partial charge in [0.05, 0.1) is 117 Å². The Hall–Kier alpha value is -13.5. The number of aromatic nitrogens is 8. The largest absolute Gasteiger partial charge is 0.496 e. The van der Waals surface area contributed by atoms with Crippen molar-refractivity contribution in [1.82, 2.24) is 54.2 Å². The first-order valence-corrected chi connectivity index (χ1v) is 48.3. The number of furan rings is 3. The second-order valence-corrected chi connectivity index (χ2v) is 35.9. The van der Waals surface area contributed by atoms with Crippen LogP contribution in [0.15, 0.2) is 189 Å². The quantitative estimate of drug-likeness (QED) is 0.0253. The number of amides is 3. The number of carbonyl (C=O) groups excluding carboxylic acids is 4. The molecule has 7 atom stereocenters. The molecule has 5 fully saturated rings. The highest BCUT2D eigenvalue weighted by Gasteiger charge is 2.33. The number of nitrogen functional groups attached to an aromatic ring is 1. The van der Waals surface area contributed by atoms with Crippen molar-refractivity contribution in [2.45, 2.75) is 218 Å². The van der Waals surface area contributed by atoms with E-state index in [4.69, 9.17) is 76.6 Å². The van der Waals surface area contributed by atoms with E-state index in [1.54, 1.807) is 147 Å². The summed E-state index contributed by atoms with van der Waals surface area (Å²) in [5, 5.41) is 27.9. The molecule has 738 valence electrons. The summed E-state index contributed by atoms with van der Waals surface area (Å²) in [4.78, 5) is 106. The number of aryl methyl sites for hydroxylation is 2. The number of carbonyl (C=O) groups is 6. The van der Waals surface area contributed by atoms with Crippen molar-refractivity contribution in [1.29, 1.82) is 0 Å². The van der Waals surface area contributed by atoms with E-state index in [1.807, 2.05) is 87.5 Å². The van der Waals surface area contributed by atoms with Crippen LogP contribution >= 0.6 is 11.8 Å². The minimum Gasteiger partial charge on any atom is -0.496 e. The lowest BCUT2D eigenvalue weighted by molar-refractivity contribution is -0.140. The number of Topliss-reactive ketones (excluding diaryl/α,β-unsaturated/α-hetero) is 1. The van der Waals surface area contributed by atoms with E-state index >= 15 is 0 Å². The zero-order chi connectivity index (χ0) is 98.9. The van der Waals surface area contributed by atoms with E-state index in [1.165, 1.54) is 95.3 Å². The molecule has 5 aliphatic rings. The predicted molar refractivity (Wildman–Crippen MR) is 529 cm³/mol. The highest BCUT2D eigenvalue weighted by Crippen LogP contribution is 2.42. The first-order chi connectivity index (χ1) is 67.3. The number of ether oxygens (including phenoxy) is 9. The molecule has 3 aliphatic carbocycles. The average molecular weight is 1920 g/mol. The van der Waals surface area contributed by atoms with Crippen LogP contribution in [0.25, 0.3) is 67.3 Å². The third-order valence-corrected chi connectivity index (χ3v) is 26.5. The maximum Gasteiger partial charge on any atom is 0.351 e. The molecule has 33 nitrogen and oxygen atoms in total. The Morgan fingerprint density at radius 1 is 0.475 bits per heavy atom. The van der Waals surface area contributed by atoms with Crippen LogP contribution in [0.5, 0.6) is 28.7 Å². The van der Waals surface area contributed by atoms with Crippen LogP contribution < -0.4 is 51.1 Å². The van der Waals surface area contributed by atoms with Crippen LogP contribution in [-0.4, -0.2) is 176 Å². The molecule has 0 radical (unpaired) electrons. The van der Waals surface area contributed by atoms with Crippen molar-refractivity contribution >= 4 is 86.1 Å². The third kappa shape index (κ3) is 25.7. The molecule has 6 aromatic carbocycles. The van der Waals surface area contributed by atoms with E-state index in [9.17, 15) is 43.8 Å². The van der Waals surface area contributed by atoms with Crippen LogP contribution in [-0.2, 0) is 52.6 Å². The molecule has 2 aliphatic heterocycles. The number of nitrogens with one attached hydrogen (secondary N) is 3. The summed E-state index contributed by atoms with van der Waals surface area (Å²) in [6.07, 6.45) is 30.4. The number of hydrogen-bond acceptors (Lipinski definition) is 25. The molecule has 34 heteroatoms. The number of aliphatic carboxylic acids is 2. The molecule has 18 rings (SSSR count). The van der Waals surface area contributed by atoms with Gasteiger partial charge in [-0.15, -0.1) is 0 Å². The minimum atomic E-state index is -1.13. The maximum atomic E-state index is 13.3. The van der Waals surface area contributed by atoms with Gasteiger partial charge in [0.25, 0.3) is 17.7 Å². The van der Waals surface area contributed by atoms with Crippen molar-refractivity contribution in [3.05, 3.63) is 226 Å². The Morgan fingerprint density at radius 2 is 0.856 bits per heavy atom. The summed E-state index contributed by atoms with van der Waals surface area (Å²) < 4.78 is 71.6. The smallest absolute Gasteiger partial charge is 0.351 e. The highest BCUT2D eigenvalue weighted by molar-refractivity contribution is 7.99. The lowest BCUT2D eigenvalue weighted by Crippen LogP contribution is -2.42. The molecule has 2 saturated heterocycles. The SMILES string of the molecule is CC.COC1CC(C)CO1.COC1OC(n2cc(C)c(N)nc2=O)CS1.COc1cc(CC(NC(=O)c2ccc3c(c2)nc(-c2ccoc2)n3C2CCCCC2)C(=O)O)ccc1C.COc1ccc(CC(NC(=O)c2ccc3c(c2)nc(-c2ccoc2)n3C2CCCCC2)C(=O)O)cc1OC.COc1ccc(CC(NC(=O)c2ccc3c(c2)nc(-c2ccoc2)n3C2CCCCC2)C(C)=O)cc1OC. The highest BCUT2D eigenvalue weighted by atomic mass is 32.2. The van der Waals surface area contributed by atoms with Gasteiger partial charge < -0.3 is 101 Å². The zero-order valence-electron chi connectivity index (χ0n) is 81.0. The minimum absolute atomic E-state index is 0.0741. The third-order valence-electron chi connectivity index (χ3n) is 25.4. The molecule has 3 amide bonds. The number of rotatable bonds is 29. The van der Waals surface area contributed by atoms with Crippen molar-refractivity contribution in [2.75, 3.05) is 67.9 Å². The molecule has 3 saturated carbocycles. The monoisotopic (exact) mass is 1920 g/mol. The van der Waals surface area contributed by atoms with Gasteiger partial charge in [0, 0.05) is 85.8 Å². The number of carboxylic acid groups (broad SMARTS) is 2. The molecular weight excluding hydrogens is 1800 g/mol. The second-order valence-electron chi connectivity index (χ2n) is 34.9. The van der Waals surface area contributed by atoms with Gasteiger partial charge in [-0.3, -0.25) is 23.7 Å². The van der Waals surface area contributed by atoms with Crippen LogP contribution in [0.2, 0.25) is 0 Å². The number of benzene rings is 6. The summed E-state index contributed by atoms with van der Waals surface area (Å²) in [5.74, 6) is 3.39. The van der Waals surface area contributed by atoms with Crippen LogP contribution in [0.1, 0.15) is 214 Å². The van der Waals surface area contributed by atoms with Crippen molar-refractivity contribution < 1.29 is 94.9 Å². The number of anilines is 1. The van der Waals surface area contributed by atoms with E-state index in [2.05, 4.69) is 41.6 Å². The Bertz CT molecular complexity index is 6150. The van der Waals surface area contributed by atoms with Gasteiger partial charge in [-0.2, -0.15) is 4.98 Å². The van der Waals surface area contributed by atoms with Gasteiger partial charge in [-0.05, 0) is 197 Å². The predicted octanol–water partition coefficient (Wildman–Crippen LogP) is 18.9. The van der Waals surface area contributed by atoms with E-state index in [0.29, 0.717) is 98.3 Å². The van der Waals surface area contributed by atoms with Gasteiger partial charge in [-0.25, -0.2) is 29.3 Å². The molecule has 0 spiro atoms. The number of nitrogens with two attached hydrogens (primary N) is 1. The number of thioether (sulfide) groups is 1. The van der Waals surface area contributed by atoms with Gasteiger partial charge in [-0.1, -0.05) is 115 Å². The fraction of sp³-hybridized carbons (Fsp3) is 0.419. The summed E-state index contributed by atoms with van der Waals surface area (Å²) in [7, 11) is 11.0. The standard InChI is InChI=1S/C30H33N3O5.C29H31N3O6.C29H31N3O5.C9H13N3O3S.C6H12O2.C2H6/c1-19(34)24(15-20-9-12-27(36-2)28(16-20)37-3)32-30(35)21-10-11-26-25(17-21)31-29(22-13-14-38-18-22)33(26)23-7-5-4-6-8-23;1-36-25-11-8-18(15-26(25)37-2)14-23(29(34)35)31-28(33)19-9-10-24-22(16-19)30-27(20-12-13-38-17-20)32(24)21-6-4-3-5-7-21;1-18-8-9-19(15-26(18)36-2)14-24(29(34)35)31-28(33)20-10-11-25-23(16-20)30-27(21-12-13-37-17-21)32(25)22-6-4-3-5-7-22;1-5-3-12(8(13)11-7(5)10)6-4-16-9(14-2)15-6;1-5-3-6(7-2)8-4-5;1-2/h9-14,16-18,23-24H,4-8,15H2,1-3H3,(H,32,35);8-13,15-17,21,23H,3-7,14H2,1-2H3,(H,31,33)(H,34,35);8-13,15-17,22,24H,3-7,14H2,1-2H3,(H,31,33)(H,34,35);3,6,9H,4H2,1-2H3,(H2,10,11,13);5-6H,3-4H2,1-2H3;1-2H3. The van der Waals surface area contributed by atoms with Gasteiger partial charge in [0.1, 0.15) is 59.9 Å². The number of imidazole rings is 3. The van der Waals surface area contributed by atoms with Crippen LogP contribution in [0.3, 0.4) is 0 Å².